The smallest absolute Gasteiger partial charge is 0.225 e. The minimum absolute atomic E-state index is 0.291. The maximum absolute atomic E-state index is 9.67. The molecule has 0 radical (unpaired) electrons. The van der Waals surface area contributed by atoms with Gasteiger partial charge in [-0.1, -0.05) is 19.3 Å². The summed E-state index contributed by atoms with van der Waals surface area (Å²) in [5.74, 6) is 1.28. The van der Waals surface area contributed by atoms with Crippen molar-refractivity contribution in [3.8, 4) is 0 Å². The quantitative estimate of drug-likeness (QED) is 0.812. The number of nitrogens with one attached hydrogen (secondary N) is 1. The van der Waals surface area contributed by atoms with Crippen molar-refractivity contribution in [2.45, 2.75) is 70.9 Å². The summed E-state index contributed by atoms with van der Waals surface area (Å²) in [7, 11) is 0. The lowest BCUT2D eigenvalue weighted by atomic mass is 9.95. The third-order valence-corrected chi connectivity index (χ3v) is 5.47. The summed E-state index contributed by atoms with van der Waals surface area (Å²) in [5.41, 5.74) is 2.12. The lowest BCUT2D eigenvalue weighted by Gasteiger charge is -2.27. The number of nitrogens with zero attached hydrogens (tertiary/aromatic N) is 3. The molecule has 0 bridgehead atoms. The van der Waals surface area contributed by atoms with Crippen molar-refractivity contribution in [3.05, 3.63) is 17.5 Å². The molecule has 0 aromatic carbocycles. The van der Waals surface area contributed by atoms with Gasteiger partial charge >= 0.3 is 0 Å². The van der Waals surface area contributed by atoms with E-state index in [1.165, 1.54) is 38.5 Å². The molecule has 0 amide bonds. The van der Waals surface area contributed by atoms with Gasteiger partial charge in [-0.3, -0.25) is 0 Å². The Kier molecular flexibility index (Phi) is 6.44. The predicted molar refractivity (Wildman–Crippen MR) is 97.1 cm³/mol. The molecule has 5 nitrogen and oxygen atoms in total. The highest BCUT2D eigenvalue weighted by Crippen LogP contribution is 2.23. The minimum atomic E-state index is 0.291. The maximum Gasteiger partial charge on any atom is 0.225 e. The fourth-order valence-corrected chi connectivity index (χ4v) is 4.05. The van der Waals surface area contributed by atoms with Gasteiger partial charge in [-0.15, -0.1) is 0 Å². The van der Waals surface area contributed by atoms with E-state index in [9.17, 15) is 5.11 Å². The second-order valence-corrected chi connectivity index (χ2v) is 7.42. The van der Waals surface area contributed by atoms with Crippen LogP contribution in [-0.2, 0) is 6.54 Å². The first kappa shape index (κ1) is 17.6. The Morgan fingerprint density at radius 1 is 1.08 bits per heavy atom. The molecule has 5 heteroatoms. The molecular formula is C19H32N4O. The molecule has 1 aromatic heterocycles. The third-order valence-electron chi connectivity index (χ3n) is 5.47. The Morgan fingerprint density at radius 3 is 2.62 bits per heavy atom. The second-order valence-electron chi connectivity index (χ2n) is 7.42. The van der Waals surface area contributed by atoms with E-state index < -0.39 is 0 Å². The highest BCUT2D eigenvalue weighted by Gasteiger charge is 2.23. The highest BCUT2D eigenvalue weighted by atomic mass is 16.3. The number of anilines is 1. The average molecular weight is 332 g/mol. The minimum Gasteiger partial charge on any atom is -0.396 e. The summed E-state index contributed by atoms with van der Waals surface area (Å²) in [6, 6.07) is 2.50. The lowest BCUT2D eigenvalue weighted by Crippen LogP contribution is -2.37. The monoisotopic (exact) mass is 332 g/mol. The standard InChI is InChI=1S/C19H32N4O/c1-15-12-17(22-19(21-15)23-10-6-3-7-11-23)13-20-18-9-5-2-4-8-16(18)14-24/h12,16,18,20,24H,2-11,13-14H2,1H3. The molecule has 3 rings (SSSR count). The number of aliphatic hydroxyl groups is 1. The van der Waals surface area contributed by atoms with Crippen molar-refractivity contribution in [2.75, 3.05) is 24.6 Å². The Labute approximate surface area is 145 Å². The van der Waals surface area contributed by atoms with E-state index in [1.54, 1.807) is 0 Å². The van der Waals surface area contributed by atoms with Crippen LogP contribution in [-0.4, -0.2) is 40.8 Å². The molecule has 2 atom stereocenters. The van der Waals surface area contributed by atoms with E-state index >= 15 is 0 Å². The summed E-state index contributed by atoms with van der Waals surface area (Å²) in [4.78, 5) is 11.8. The first-order valence-electron chi connectivity index (χ1n) is 9.70. The van der Waals surface area contributed by atoms with Gasteiger partial charge in [0, 0.05) is 38.0 Å². The summed E-state index contributed by atoms with van der Waals surface area (Å²) in [5, 5.41) is 13.3. The molecule has 1 aliphatic carbocycles. The van der Waals surface area contributed by atoms with E-state index in [0.29, 0.717) is 18.6 Å². The van der Waals surface area contributed by atoms with Gasteiger partial charge in [0.1, 0.15) is 0 Å². The Balaban J connectivity index is 1.64. The van der Waals surface area contributed by atoms with Crippen molar-refractivity contribution in [1.82, 2.24) is 15.3 Å². The number of aromatic nitrogens is 2. The Bertz CT molecular complexity index is 516. The highest BCUT2D eigenvalue weighted by molar-refractivity contribution is 5.32. The molecule has 1 saturated heterocycles. The van der Waals surface area contributed by atoms with Gasteiger partial charge in [0.05, 0.1) is 5.69 Å². The Hall–Kier alpha value is -1.20. The summed E-state index contributed by atoms with van der Waals surface area (Å²) < 4.78 is 0. The van der Waals surface area contributed by atoms with Gasteiger partial charge in [0.25, 0.3) is 0 Å². The molecule has 1 aliphatic heterocycles. The average Bonchev–Trinajstić information content (AvgIpc) is 2.85. The van der Waals surface area contributed by atoms with Crippen molar-refractivity contribution in [2.24, 2.45) is 5.92 Å². The molecule has 2 unspecified atom stereocenters. The molecule has 2 heterocycles. The van der Waals surface area contributed by atoms with Crippen LogP contribution >= 0.6 is 0 Å². The first-order valence-corrected chi connectivity index (χ1v) is 9.70. The van der Waals surface area contributed by atoms with Gasteiger partial charge in [0.2, 0.25) is 5.95 Å². The molecule has 24 heavy (non-hydrogen) atoms. The van der Waals surface area contributed by atoms with Crippen molar-refractivity contribution >= 4 is 5.95 Å². The van der Waals surface area contributed by atoms with Crippen LogP contribution in [0.15, 0.2) is 6.07 Å². The SMILES string of the molecule is Cc1cc(CNC2CCCCCC2CO)nc(N2CCCCC2)n1. The number of hydrogen-bond acceptors (Lipinski definition) is 5. The molecule has 1 aromatic rings. The van der Waals surface area contributed by atoms with E-state index in [-0.39, 0.29) is 0 Å². The van der Waals surface area contributed by atoms with Crippen LogP contribution in [0.3, 0.4) is 0 Å². The van der Waals surface area contributed by atoms with Crippen LogP contribution in [0, 0.1) is 12.8 Å². The first-order chi connectivity index (χ1) is 11.8. The maximum atomic E-state index is 9.67. The van der Waals surface area contributed by atoms with E-state index in [1.807, 2.05) is 0 Å². The molecule has 1 saturated carbocycles. The van der Waals surface area contributed by atoms with Crippen LogP contribution in [0.4, 0.5) is 5.95 Å². The van der Waals surface area contributed by atoms with Crippen LogP contribution in [0.25, 0.3) is 0 Å². The van der Waals surface area contributed by atoms with Crippen molar-refractivity contribution < 1.29 is 5.11 Å². The summed E-state index contributed by atoms with van der Waals surface area (Å²) in [6.07, 6.45) is 9.90. The molecule has 0 spiro atoms. The lowest BCUT2D eigenvalue weighted by molar-refractivity contribution is 0.181. The van der Waals surface area contributed by atoms with Gasteiger partial charge in [0.15, 0.2) is 0 Å². The molecule has 134 valence electrons. The van der Waals surface area contributed by atoms with E-state index in [0.717, 1.165) is 49.8 Å². The van der Waals surface area contributed by atoms with E-state index in [4.69, 9.17) is 4.98 Å². The van der Waals surface area contributed by atoms with Gasteiger partial charge < -0.3 is 15.3 Å². The summed E-state index contributed by atoms with van der Waals surface area (Å²) in [6.45, 7) is 5.27. The largest absolute Gasteiger partial charge is 0.396 e. The Morgan fingerprint density at radius 2 is 1.83 bits per heavy atom. The number of aliphatic hydroxyl groups excluding tert-OH is 1. The van der Waals surface area contributed by atoms with Crippen LogP contribution in [0.5, 0.6) is 0 Å². The fraction of sp³-hybridized carbons (Fsp3) is 0.789. The topological polar surface area (TPSA) is 61.3 Å². The van der Waals surface area contributed by atoms with Crippen LogP contribution < -0.4 is 10.2 Å². The van der Waals surface area contributed by atoms with Crippen molar-refractivity contribution in [1.29, 1.82) is 0 Å². The normalized spacial score (nSPS) is 25.5. The van der Waals surface area contributed by atoms with Crippen molar-refractivity contribution in [3.63, 3.8) is 0 Å². The number of rotatable bonds is 5. The van der Waals surface area contributed by atoms with Gasteiger partial charge in [-0.25, -0.2) is 9.97 Å². The summed E-state index contributed by atoms with van der Waals surface area (Å²) >= 11 is 0. The number of aryl methyl sites for hydroxylation is 1. The van der Waals surface area contributed by atoms with E-state index in [2.05, 4.69) is 28.2 Å². The molecule has 2 N–H and O–H groups in total. The number of hydrogen-bond donors (Lipinski definition) is 2. The predicted octanol–water partition coefficient (Wildman–Crippen LogP) is 2.81. The third kappa shape index (κ3) is 4.67. The van der Waals surface area contributed by atoms with Gasteiger partial charge in [-0.2, -0.15) is 0 Å². The second kappa shape index (κ2) is 8.77. The van der Waals surface area contributed by atoms with Crippen LogP contribution in [0.1, 0.15) is 62.8 Å². The zero-order valence-corrected chi connectivity index (χ0v) is 15.0. The zero-order valence-electron chi connectivity index (χ0n) is 15.0. The van der Waals surface area contributed by atoms with Crippen LogP contribution in [0.2, 0.25) is 0 Å². The fourth-order valence-electron chi connectivity index (χ4n) is 4.05. The molecular weight excluding hydrogens is 300 g/mol. The van der Waals surface area contributed by atoms with Gasteiger partial charge in [-0.05, 0) is 51.0 Å². The number of piperidine rings is 1. The molecule has 2 fully saturated rings. The zero-order chi connectivity index (χ0) is 16.8. The molecule has 2 aliphatic rings.